The Morgan fingerprint density at radius 1 is 1.50 bits per heavy atom. The van der Waals surface area contributed by atoms with E-state index in [1.165, 1.54) is 12.1 Å². The maximum atomic E-state index is 13.2. The van der Waals surface area contributed by atoms with Crippen molar-refractivity contribution in [1.82, 2.24) is 5.01 Å². The van der Waals surface area contributed by atoms with Crippen molar-refractivity contribution in [3.8, 4) is 0 Å². The number of benzene rings is 1. The average molecular weight is 306 g/mol. The van der Waals surface area contributed by atoms with E-state index < -0.39 is 5.54 Å². The third kappa shape index (κ3) is 3.46. The van der Waals surface area contributed by atoms with Gasteiger partial charge in [-0.3, -0.25) is 5.01 Å². The van der Waals surface area contributed by atoms with E-state index in [4.69, 9.17) is 4.74 Å². The minimum absolute atomic E-state index is 0.203. The highest BCUT2D eigenvalue weighted by molar-refractivity contribution is 5.82. The maximum Gasteiger partial charge on any atom is 0.333 e. The summed E-state index contributed by atoms with van der Waals surface area (Å²) >= 11 is 0. The quantitative estimate of drug-likeness (QED) is 0.598. The Hall–Kier alpha value is -1.91. The summed E-state index contributed by atoms with van der Waals surface area (Å²) in [6.07, 6.45) is 4.86. The molecule has 2 rings (SSSR count). The molecule has 0 N–H and O–H groups in total. The van der Waals surface area contributed by atoms with E-state index in [-0.39, 0.29) is 11.8 Å². The number of ether oxygens (including phenoxy) is 1. The summed E-state index contributed by atoms with van der Waals surface area (Å²) in [5, 5.41) is 6.27. The standard InChI is InChI=1S/C17H23FN2O2/c1-3-9-17(16(21)22-4-2)10-6-11-20(17)19-13-14-7-5-8-15(18)12-14/h5,7-8,12-13H,3-4,6,9-11H2,1-2H3. The molecule has 1 fully saturated rings. The fraction of sp³-hybridized carbons (Fsp3) is 0.529. The van der Waals surface area contributed by atoms with Crippen LogP contribution in [0.5, 0.6) is 0 Å². The molecule has 1 aliphatic rings. The molecule has 0 bridgehead atoms. The van der Waals surface area contributed by atoms with Crippen molar-refractivity contribution in [2.75, 3.05) is 13.2 Å². The zero-order chi connectivity index (χ0) is 16.0. The summed E-state index contributed by atoms with van der Waals surface area (Å²) in [5.41, 5.74) is 0.00959. The third-order valence-corrected chi connectivity index (χ3v) is 3.97. The van der Waals surface area contributed by atoms with Crippen LogP contribution < -0.4 is 0 Å². The van der Waals surface area contributed by atoms with Gasteiger partial charge in [0.1, 0.15) is 5.82 Å². The van der Waals surface area contributed by atoms with Crippen LogP contribution in [0.2, 0.25) is 0 Å². The van der Waals surface area contributed by atoms with Gasteiger partial charge < -0.3 is 4.74 Å². The summed E-state index contributed by atoms with van der Waals surface area (Å²) in [6, 6.07) is 6.25. The van der Waals surface area contributed by atoms with Crippen LogP contribution in [-0.2, 0) is 9.53 Å². The van der Waals surface area contributed by atoms with Crippen molar-refractivity contribution in [3.05, 3.63) is 35.6 Å². The topological polar surface area (TPSA) is 41.9 Å². The Bertz CT molecular complexity index is 547. The lowest BCUT2D eigenvalue weighted by Gasteiger charge is -2.34. The average Bonchev–Trinajstić information content (AvgIpc) is 2.90. The van der Waals surface area contributed by atoms with Gasteiger partial charge in [0, 0.05) is 6.54 Å². The van der Waals surface area contributed by atoms with E-state index in [0.29, 0.717) is 25.1 Å². The van der Waals surface area contributed by atoms with Crippen molar-refractivity contribution in [1.29, 1.82) is 0 Å². The summed E-state index contributed by atoms with van der Waals surface area (Å²) in [4.78, 5) is 12.4. The molecule has 0 saturated carbocycles. The van der Waals surface area contributed by atoms with Gasteiger partial charge in [-0.1, -0.05) is 25.5 Å². The molecule has 5 heteroatoms. The van der Waals surface area contributed by atoms with Crippen LogP contribution >= 0.6 is 0 Å². The largest absolute Gasteiger partial charge is 0.464 e. The van der Waals surface area contributed by atoms with Gasteiger partial charge in [0.25, 0.3) is 0 Å². The van der Waals surface area contributed by atoms with Crippen molar-refractivity contribution in [3.63, 3.8) is 0 Å². The third-order valence-electron chi connectivity index (χ3n) is 3.97. The molecule has 0 amide bonds. The second-order valence-corrected chi connectivity index (χ2v) is 5.53. The predicted molar refractivity (Wildman–Crippen MR) is 84.2 cm³/mol. The molecule has 120 valence electrons. The minimum Gasteiger partial charge on any atom is -0.464 e. The Kier molecular flexibility index (Phi) is 5.52. The van der Waals surface area contributed by atoms with Crippen LogP contribution in [0.15, 0.2) is 29.4 Å². The Labute approximate surface area is 131 Å². The van der Waals surface area contributed by atoms with Gasteiger partial charge in [-0.05, 0) is 43.9 Å². The molecule has 1 saturated heterocycles. The maximum absolute atomic E-state index is 13.2. The lowest BCUT2D eigenvalue weighted by atomic mass is 9.91. The number of nitrogens with zero attached hydrogens (tertiary/aromatic N) is 2. The highest BCUT2D eigenvalue weighted by Gasteiger charge is 2.47. The molecular formula is C17H23FN2O2. The number of halogens is 1. The lowest BCUT2D eigenvalue weighted by Crippen LogP contribution is -2.49. The molecule has 1 aromatic carbocycles. The second kappa shape index (κ2) is 7.38. The van der Waals surface area contributed by atoms with Gasteiger partial charge in [-0.25, -0.2) is 9.18 Å². The van der Waals surface area contributed by atoms with Crippen LogP contribution in [0.25, 0.3) is 0 Å². The number of carbonyl (C=O) groups is 1. The zero-order valence-corrected chi connectivity index (χ0v) is 13.2. The number of rotatable bonds is 6. The molecule has 0 aromatic heterocycles. The molecule has 0 radical (unpaired) electrons. The number of esters is 1. The first kappa shape index (κ1) is 16.5. The van der Waals surface area contributed by atoms with E-state index >= 15 is 0 Å². The van der Waals surface area contributed by atoms with Crippen LogP contribution in [-0.4, -0.2) is 35.9 Å². The van der Waals surface area contributed by atoms with Crippen molar-refractivity contribution in [2.45, 2.75) is 45.1 Å². The minimum atomic E-state index is -0.672. The molecule has 1 heterocycles. The summed E-state index contributed by atoms with van der Waals surface area (Å²) in [5.74, 6) is -0.499. The first-order chi connectivity index (χ1) is 10.6. The fourth-order valence-electron chi connectivity index (χ4n) is 3.00. The van der Waals surface area contributed by atoms with Crippen LogP contribution in [0.1, 0.15) is 45.1 Å². The van der Waals surface area contributed by atoms with E-state index in [1.807, 2.05) is 18.9 Å². The Balaban J connectivity index is 2.21. The van der Waals surface area contributed by atoms with Gasteiger partial charge in [0.05, 0.1) is 12.8 Å². The molecule has 22 heavy (non-hydrogen) atoms. The Morgan fingerprint density at radius 3 is 3.00 bits per heavy atom. The van der Waals surface area contributed by atoms with Crippen LogP contribution in [0.3, 0.4) is 0 Å². The van der Waals surface area contributed by atoms with Gasteiger partial charge >= 0.3 is 5.97 Å². The molecule has 1 unspecified atom stereocenters. The van der Waals surface area contributed by atoms with Crippen molar-refractivity contribution < 1.29 is 13.9 Å². The van der Waals surface area contributed by atoms with Gasteiger partial charge in [-0.15, -0.1) is 0 Å². The van der Waals surface area contributed by atoms with Crippen molar-refractivity contribution in [2.24, 2.45) is 5.10 Å². The molecule has 0 spiro atoms. The summed E-state index contributed by atoms with van der Waals surface area (Å²) in [6.45, 7) is 4.94. The van der Waals surface area contributed by atoms with Gasteiger partial charge in [0.15, 0.2) is 5.54 Å². The molecule has 1 aliphatic heterocycles. The predicted octanol–water partition coefficient (Wildman–Crippen LogP) is 3.36. The van der Waals surface area contributed by atoms with E-state index in [2.05, 4.69) is 5.10 Å². The number of carbonyl (C=O) groups excluding carboxylic acids is 1. The number of hydrazone groups is 1. The highest BCUT2D eigenvalue weighted by Crippen LogP contribution is 2.35. The number of hydrogen-bond donors (Lipinski definition) is 0. The number of hydrogen-bond acceptors (Lipinski definition) is 4. The molecular weight excluding hydrogens is 283 g/mol. The molecule has 0 aliphatic carbocycles. The zero-order valence-electron chi connectivity index (χ0n) is 13.2. The van der Waals surface area contributed by atoms with E-state index in [1.54, 1.807) is 18.3 Å². The Morgan fingerprint density at radius 2 is 2.32 bits per heavy atom. The summed E-state index contributed by atoms with van der Waals surface area (Å²) in [7, 11) is 0. The summed E-state index contributed by atoms with van der Waals surface area (Å²) < 4.78 is 18.5. The molecule has 1 aromatic rings. The lowest BCUT2D eigenvalue weighted by molar-refractivity contribution is -0.156. The van der Waals surface area contributed by atoms with E-state index in [0.717, 1.165) is 19.3 Å². The molecule has 4 nitrogen and oxygen atoms in total. The van der Waals surface area contributed by atoms with Gasteiger partial charge in [-0.2, -0.15) is 5.10 Å². The second-order valence-electron chi connectivity index (χ2n) is 5.53. The van der Waals surface area contributed by atoms with E-state index in [9.17, 15) is 9.18 Å². The fourth-order valence-corrected chi connectivity index (χ4v) is 3.00. The first-order valence-electron chi connectivity index (χ1n) is 7.87. The molecule has 1 atom stereocenters. The normalized spacial score (nSPS) is 21.5. The van der Waals surface area contributed by atoms with Crippen LogP contribution in [0.4, 0.5) is 4.39 Å². The first-order valence-corrected chi connectivity index (χ1v) is 7.87. The monoisotopic (exact) mass is 306 g/mol. The van der Waals surface area contributed by atoms with Crippen molar-refractivity contribution >= 4 is 12.2 Å². The highest BCUT2D eigenvalue weighted by atomic mass is 19.1. The van der Waals surface area contributed by atoms with Crippen LogP contribution in [0, 0.1) is 5.82 Å². The van der Waals surface area contributed by atoms with Gasteiger partial charge in [0.2, 0.25) is 0 Å². The SMILES string of the molecule is CCCC1(C(=O)OCC)CCCN1N=Cc1cccc(F)c1. The smallest absolute Gasteiger partial charge is 0.333 e.